The molecule has 0 amide bonds. The van der Waals surface area contributed by atoms with Crippen LogP contribution < -0.4 is 10.5 Å². The number of rotatable bonds is 3. The van der Waals surface area contributed by atoms with Crippen molar-refractivity contribution in [3.05, 3.63) is 29.3 Å². The number of fused-ring (bicyclic) bond motifs is 1. The lowest BCUT2D eigenvalue weighted by atomic mass is 10.0. The van der Waals surface area contributed by atoms with Crippen molar-refractivity contribution in [1.82, 2.24) is 0 Å². The minimum absolute atomic E-state index is 0.435. The van der Waals surface area contributed by atoms with Crippen LogP contribution in [0.15, 0.2) is 18.2 Å². The summed E-state index contributed by atoms with van der Waals surface area (Å²) in [7, 11) is 0. The highest BCUT2D eigenvalue weighted by Gasteiger charge is 2.55. The molecule has 1 fully saturated rings. The molecule has 3 rings (SSSR count). The van der Waals surface area contributed by atoms with Gasteiger partial charge in [0.15, 0.2) is 0 Å². The summed E-state index contributed by atoms with van der Waals surface area (Å²) in [5.41, 5.74) is 9.09. The quantitative estimate of drug-likeness (QED) is 0.867. The monoisotopic (exact) mass is 231 g/mol. The van der Waals surface area contributed by atoms with Gasteiger partial charge in [-0.15, -0.1) is 0 Å². The average Bonchev–Trinajstić information content (AvgIpc) is 2.65. The molecule has 2 nitrogen and oxygen atoms in total. The van der Waals surface area contributed by atoms with Crippen molar-refractivity contribution in [1.29, 1.82) is 0 Å². The molecule has 1 aliphatic heterocycles. The second-order valence-electron chi connectivity index (χ2n) is 6.01. The molecule has 2 N–H and O–H groups in total. The standard InChI is InChI=1S/C15H21NO/c1-15(2)12(13(15)9-16)8-10-3-4-14-11(7-10)5-6-17-14/h3-4,7,12-13H,5-6,8-9,16H2,1-2H3/t12-,13-/m1/s1. The van der Waals surface area contributed by atoms with Gasteiger partial charge in [-0.2, -0.15) is 0 Å². The van der Waals surface area contributed by atoms with Crippen LogP contribution in [0.4, 0.5) is 0 Å². The molecule has 1 aromatic rings. The van der Waals surface area contributed by atoms with Gasteiger partial charge < -0.3 is 10.5 Å². The molecule has 0 bridgehead atoms. The Kier molecular flexibility index (Phi) is 2.44. The Hall–Kier alpha value is -1.02. The largest absolute Gasteiger partial charge is 0.493 e. The Morgan fingerprint density at radius 3 is 2.88 bits per heavy atom. The van der Waals surface area contributed by atoms with Crippen molar-refractivity contribution in [3.8, 4) is 5.75 Å². The van der Waals surface area contributed by atoms with Crippen molar-refractivity contribution in [3.63, 3.8) is 0 Å². The van der Waals surface area contributed by atoms with E-state index in [4.69, 9.17) is 10.5 Å². The third-order valence-corrected chi connectivity index (χ3v) is 4.75. The molecule has 92 valence electrons. The van der Waals surface area contributed by atoms with Crippen LogP contribution in [0.2, 0.25) is 0 Å². The zero-order chi connectivity index (χ0) is 12.0. The summed E-state index contributed by atoms with van der Waals surface area (Å²) in [6, 6.07) is 6.67. The fraction of sp³-hybridized carbons (Fsp3) is 0.600. The van der Waals surface area contributed by atoms with Crippen molar-refractivity contribution in [2.75, 3.05) is 13.2 Å². The molecule has 2 aliphatic rings. The summed E-state index contributed by atoms with van der Waals surface area (Å²) >= 11 is 0. The van der Waals surface area contributed by atoms with E-state index in [9.17, 15) is 0 Å². The van der Waals surface area contributed by atoms with E-state index in [-0.39, 0.29) is 0 Å². The summed E-state index contributed by atoms with van der Waals surface area (Å²) in [6.07, 6.45) is 2.24. The first-order chi connectivity index (χ1) is 8.13. The first-order valence-electron chi connectivity index (χ1n) is 6.57. The van der Waals surface area contributed by atoms with Crippen LogP contribution in [-0.4, -0.2) is 13.2 Å². The van der Waals surface area contributed by atoms with Crippen molar-refractivity contribution >= 4 is 0 Å². The molecule has 1 aliphatic carbocycles. The number of ether oxygens (including phenoxy) is 1. The third-order valence-electron chi connectivity index (χ3n) is 4.75. The molecule has 1 saturated carbocycles. The van der Waals surface area contributed by atoms with E-state index in [0.29, 0.717) is 11.3 Å². The highest BCUT2D eigenvalue weighted by atomic mass is 16.5. The zero-order valence-electron chi connectivity index (χ0n) is 10.7. The summed E-state index contributed by atoms with van der Waals surface area (Å²) < 4.78 is 5.54. The van der Waals surface area contributed by atoms with E-state index in [1.54, 1.807) is 0 Å². The Morgan fingerprint density at radius 1 is 1.35 bits per heavy atom. The van der Waals surface area contributed by atoms with Gasteiger partial charge >= 0.3 is 0 Å². The third kappa shape index (κ3) is 1.75. The number of benzene rings is 1. The minimum Gasteiger partial charge on any atom is -0.493 e. The smallest absolute Gasteiger partial charge is 0.122 e. The Labute approximate surface area is 103 Å². The van der Waals surface area contributed by atoms with Gasteiger partial charge in [0.25, 0.3) is 0 Å². The lowest BCUT2D eigenvalue weighted by molar-refractivity contribution is 0.357. The van der Waals surface area contributed by atoms with Gasteiger partial charge in [0.05, 0.1) is 6.61 Å². The predicted molar refractivity (Wildman–Crippen MR) is 69.2 cm³/mol. The Morgan fingerprint density at radius 2 is 2.18 bits per heavy atom. The van der Waals surface area contributed by atoms with Crippen LogP contribution in [0.5, 0.6) is 5.75 Å². The maximum atomic E-state index is 5.82. The van der Waals surface area contributed by atoms with Crippen molar-refractivity contribution in [2.45, 2.75) is 26.7 Å². The van der Waals surface area contributed by atoms with Gasteiger partial charge in [0.2, 0.25) is 0 Å². The number of hydrogen-bond donors (Lipinski definition) is 1. The van der Waals surface area contributed by atoms with Crippen molar-refractivity contribution < 1.29 is 4.74 Å². The molecule has 2 heteroatoms. The number of nitrogens with two attached hydrogens (primary N) is 1. The van der Waals surface area contributed by atoms with Crippen molar-refractivity contribution in [2.24, 2.45) is 23.0 Å². The average molecular weight is 231 g/mol. The Bertz CT molecular complexity index is 439. The van der Waals surface area contributed by atoms with E-state index in [1.807, 2.05) is 0 Å². The topological polar surface area (TPSA) is 35.2 Å². The lowest BCUT2D eigenvalue weighted by Crippen LogP contribution is -2.05. The first kappa shape index (κ1) is 11.1. The highest BCUT2D eigenvalue weighted by molar-refractivity contribution is 5.40. The molecule has 0 unspecified atom stereocenters. The summed E-state index contributed by atoms with van der Waals surface area (Å²) in [5.74, 6) is 2.54. The second-order valence-corrected chi connectivity index (χ2v) is 6.01. The van der Waals surface area contributed by atoms with Crippen LogP contribution >= 0.6 is 0 Å². The van der Waals surface area contributed by atoms with Crippen LogP contribution in [0.25, 0.3) is 0 Å². The normalized spacial score (nSPS) is 28.6. The highest BCUT2D eigenvalue weighted by Crippen LogP contribution is 2.58. The molecule has 17 heavy (non-hydrogen) atoms. The predicted octanol–water partition coefficient (Wildman–Crippen LogP) is 2.39. The van der Waals surface area contributed by atoms with Crippen LogP contribution in [0, 0.1) is 17.3 Å². The fourth-order valence-corrected chi connectivity index (χ4v) is 3.35. The summed E-state index contributed by atoms with van der Waals surface area (Å²) in [6.45, 7) is 6.35. The van der Waals surface area contributed by atoms with E-state index in [0.717, 1.165) is 31.2 Å². The first-order valence-corrected chi connectivity index (χ1v) is 6.57. The molecule has 0 aromatic heterocycles. The lowest BCUT2D eigenvalue weighted by Gasteiger charge is -2.05. The second kappa shape index (κ2) is 3.74. The molecule has 0 saturated heterocycles. The molecule has 0 spiro atoms. The minimum atomic E-state index is 0.435. The molecular formula is C15H21NO. The summed E-state index contributed by atoms with van der Waals surface area (Å²) in [5, 5.41) is 0. The van der Waals surface area contributed by atoms with Crippen LogP contribution in [0.1, 0.15) is 25.0 Å². The van der Waals surface area contributed by atoms with Gasteiger partial charge in [-0.05, 0) is 47.4 Å². The van der Waals surface area contributed by atoms with E-state index >= 15 is 0 Å². The Balaban J connectivity index is 1.74. The molecule has 0 radical (unpaired) electrons. The maximum absolute atomic E-state index is 5.82. The molecule has 2 atom stereocenters. The SMILES string of the molecule is CC1(C)[C@H](CN)[C@H]1Cc1ccc2c(c1)CCO2. The van der Waals surface area contributed by atoms with Gasteiger partial charge in [0.1, 0.15) is 5.75 Å². The molecular weight excluding hydrogens is 210 g/mol. The van der Waals surface area contributed by atoms with Gasteiger partial charge in [-0.3, -0.25) is 0 Å². The van der Waals surface area contributed by atoms with E-state index in [1.165, 1.54) is 17.5 Å². The fourth-order valence-electron chi connectivity index (χ4n) is 3.35. The zero-order valence-corrected chi connectivity index (χ0v) is 10.7. The van der Waals surface area contributed by atoms with Gasteiger partial charge in [-0.25, -0.2) is 0 Å². The van der Waals surface area contributed by atoms with Crippen LogP contribution in [0.3, 0.4) is 0 Å². The number of hydrogen-bond acceptors (Lipinski definition) is 2. The maximum Gasteiger partial charge on any atom is 0.122 e. The summed E-state index contributed by atoms with van der Waals surface area (Å²) in [4.78, 5) is 0. The van der Waals surface area contributed by atoms with E-state index < -0.39 is 0 Å². The van der Waals surface area contributed by atoms with Crippen LogP contribution in [-0.2, 0) is 12.8 Å². The van der Waals surface area contributed by atoms with Gasteiger partial charge in [-0.1, -0.05) is 26.0 Å². The van der Waals surface area contributed by atoms with E-state index in [2.05, 4.69) is 32.0 Å². The molecule has 1 aromatic carbocycles. The molecule has 1 heterocycles. The van der Waals surface area contributed by atoms with Gasteiger partial charge in [0, 0.05) is 6.42 Å².